The summed E-state index contributed by atoms with van der Waals surface area (Å²) in [5, 5.41) is 44.9. The molecule has 0 amide bonds. The highest BCUT2D eigenvalue weighted by Gasteiger charge is 2.17. The smallest absolute Gasteiger partial charge is 0.339 e. The van der Waals surface area contributed by atoms with Crippen LogP contribution in [0, 0.1) is 0 Å². The van der Waals surface area contributed by atoms with Gasteiger partial charge in [0.1, 0.15) is 22.6 Å². The first kappa shape index (κ1) is 22.8. The fraction of sp³-hybridized carbons (Fsp3) is 0.167. The molecule has 0 saturated carbocycles. The van der Waals surface area contributed by atoms with Crippen molar-refractivity contribution < 1.29 is 30.0 Å². The van der Waals surface area contributed by atoms with E-state index in [1.165, 1.54) is 24.3 Å². The first-order valence-corrected chi connectivity index (χ1v) is 9.85. The first-order valence-electron chi connectivity index (χ1n) is 9.85. The number of phenols is 2. The summed E-state index contributed by atoms with van der Waals surface area (Å²) in [7, 11) is 3.59. The van der Waals surface area contributed by atoms with Crippen molar-refractivity contribution in [3.8, 4) is 33.8 Å². The molecule has 8 nitrogen and oxygen atoms in total. The lowest BCUT2D eigenvalue weighted by Gasteiger charge is -2.18. The summed E-state index contributed by atoms with van der Waals surface area (Å²) in [4.78, 5) is 22.5. The van der Waals surface area contributed by atoms with Gasteiger partial charge < -0.3 is 31.1 Å². The average molecular weight is 436 g/mol. The zero-order chi connectivity index (χ0) is 23.4. The van der Waals surface area contributed by atoms with Crippen molar-refractivity contribution in [2.24, 2.45) is 0 Å². The van der Waals surface area contributed by atoms with Crippen LogP contribution in [-0.2, 0) is 13.1 Å². The normalized spacial score (nSPS) is 10.8. The van der Waals surface area contributed by atoms with E-state index in [2.05, 4.69) is 10.6 Å². The van der Waals surface area contributed by atoms with Gasteiger partial charge in [0.2, 0.25) is 0 Å². The minimum atomic E-state index is -1.21. The van der Waals surface area contributed by atoms with E-state index in [9.17, 15) is 30.0 Å². The van der Waals surface area contributed by atoms with Crippen molar-refractivity contribution >= 4 is 11.9 Å². The standard InChI is InChI=1S/C24H24N2O6/c1-25-11-15-7-20(14-4-6-18(24(31)32)22(28)10-14)16(12-26-2)8-19(15)13-3-5-17(23(29)30)21(27)9-13/h3-10,25-28H,11-12H2,1-2H3,(H,29,30)(H,31,32). The van der Waals surface area contributed by atoms with Crippen molar-refractivity contribution in [3.05, 3.63) is 70.8 Å². The molecule has 0 heterocycles. The van der Waals surface area contributed by atoms with Gasteiger partial charge in [-0.3, -0.25) is 0 Å². The Labute approximate surface area is 184 Å². The Hall–Kier alpha value is -3.88. The maximum atomic E-state index is 11.2. The second kappa shape index (κ2) is 9.51. The van der Waals surface area contributed by atoms with Crippen molar-refractivity contribution in [3.63, 3.8) is 0 Å². The van der Waals surface area contributed by atoms with Crippen LogP contribution in [0.15, 0.2) is 48.5 Å². The zero-order valence-corrected chi connectivity index (χ0v) is 17.6. The Balaban J connectivity index is 2.20. The highest BCUT2D eigenvalue weighted by Crippen LogP contribution is 2.36. The zero-order valence-electron chi connectivity index (χ0n) is 17.6. The number of nitrogens with one attached hydrogen (secondary N) is 2. The van der Waals surface area contributed by atoms with E-state index in [0.717, 1.165) is 22.3 Å². The number of carboxylic acid groups (broad SMARTS) is 2. The predicted octanol–water partition coefficient (Wildman–Crippen LogP) is 3.27. The topological polar surface area (TPSA) is 139 Å². The highest BCUT2D eigenvalue weighted by molar-refractivity contribution is 5.93. The lowest BCUT2D eigenvalue weighted by Crippen LogP contribution is -2.11. The quantitative estimate of drug-likeness (QED) is 0.316. The molecule has 3 aromatic carbocycles. The lowest BCUT2D eigenvalue weighted by atomic mass is 9.89. The maximum Gasteiger partial charge on any atom is 0.339 e. The fourth-order valence-electron chi connectivity index (χ4n) is 3.66. The molecule has 0 fully saturated rings. The number of hydrogen-bond donors (Lipinski definition) is 6. The van der Waals surface area contributed by atoms with Crippen molar-refractivity contribution in [2.45, 2.75) is 13.1 Å². The molecular formula is C24H24N2O6. The minimum Gasteiger partial charge on any atom is -0.507 e. The Bertz CT molecular complexity index is 1100. The SMILES string of the molecule is CNCc1cc(-c2ccc(C(=O)O)c(O)c2)c(CNC)cc1-c1ccc(C(=O)O)c(O)c1. The van der Waals surface area contributed by atoms with Gasteiger partial charge >= 0.3 is 11.9 Å². The second-order valence-corrected chi connectivity index (χ2v) is 7.30. The molecule has 166 valence electrons. The van der Waals surface area contributed by atoms with Crippen LogP contribution in [0.4, 0.5) is 0 Å². The van der Waals surface area contributed by atoms with Gasteiger partial charge in [0, 0.05) is 13.1 Å². The van der Waals surface area contributed by atoms with Gasteiger partial charge in [-0.25, -0.2) is 9.59 Å². The first-order chi connectivity index (χ1) is 15.3. The molecule has 0 aliphatic carbocycles. The number of hydrogen-bond acceptors (Lipinski definition) is 6. The van der Waals surface area contributed by atoms with Gasteiger partial charge in [-0.1, -0.05) is 12.1 Å². The van der Waals surface area contributed by atoms with Crippen LogP contribution >= 0.6 is 0 Å². The number of aromatic carboxylic acids is 2. The number of carboxylic acids is 2. The van der Waals surface area contributed by atoms with Crippen LogP contribution in [0.25, 0.3) is 22.3 Å². The maximum absolute atomic E-state index is 11.2. The molecule has 0 aliphatic rings. The Kier molecular flexibility index (Phi) is 6.77. The Morgan fingerprint density at radius 3 is 1.34 bits per heavy atom. The van der Waals surface area contributed by atoms with Gasteiger partial charge in [-0.15, -0.1) is 0 Å². The molecule has 0 saturated heterocycles. The minimum absolute atomic E-state index is 0.176. The number of rotatable bonds is 8. The Morgan fingerprint density at radius 1 is 0.688 bits per heavy atom. The molecule has 0 atom stereocenters. The number of benzene rings is 3. The molecule has 0 spiro atoms. The van der Waals surface area contributed by atoms with Gasteiger partial charge in [0.25, 0.3) is 0 Å². The highest BCUT2D eigenvalue weighted by atomic mass is 16.4. The second-order valence-electron chi connectivity index (χ2n) is 7.30. The van der Waals surface area contributed by atoms with Crippen LogP contribution < -0.4 is 10.6 Å². The van der Waals surface area contributed by atoms with Crippen LogP contribution in [0.5, 0.6) is 11.5 Å². The van der Waals surface area contributed by atoms with E-state index >= 15 is 0 Å². The molecule has 3 aromatic rings. The molecule has 3 rings (SSSR count). The van der Waals surface area contributed by atoms with Crippen molar-refractivity contribution in [2.75, 3.05) is 14.1 Å². The fourth-order valence-corrected chi connectivity index (χ4v) is 3.66. The molecule has 0 unspecified atom stereocenters. The van der Waals surface area contributed by atoms with Crippen LogP contribution in [0.3, 0.4) is 0 Å². The van der Waals surface area contributed by atoms with E-state index in [1.54, 1.807) is 26.2 Å². The molecule has 8 heteroatoms. The van der Waals surface area contributed by atoms with E-state index < -0.39 is 11.9 Å². The monoisotopic (exact) mass is 436 g/mol. The largest absolute Gasteiger partial charge is 0.507 e. The summed E-state index contributed by atoms with van der Waals surface area (Å²) in [6.45, 7) is 0.978. The van der Waals surface area contributed by atoms with E-state index in [-0.39, 0.29) is 22.6 Å². The summed E-state index contributed by atoms with van der Waals surface area (Å²) in [6, 6.07) is 12.8. The molecule has 6 N–H and O–H groups in total. The van der Waals surface area contributed by atoms with Crippen LogP contribution in [0.1, 0.15) is 31.8 Å². The predicted molar refractivity (Wildman–Crippen MR) is 120 cm³/mol. The molecule has 0 bridgehead atoms. The third kappa shape index (κ3) is 4.56. The van der Waals surface area contributed by atoms with Crippen molar-refractivity contribution in [1.82, 2.24) is 10.6 Å². The molecule has 0 radical (unpaired) electrons. The number of aromatic hydroxyl groups is 2. The van der Waals surface area contributed by atoms with E-state index in [4.69, 9.17) is 0 Å². The summed E-state index contributed by atoms with van der Waals surface area (Å²) in [5.41, 5.74) is 4.35. The third-order valence-electron chi connectivity index (χ3n) is 5.14. The van der Waals surface area contributed by atoms with Gasteiger partial charge in [0.15, 0.2) is 0 Å². The summed E-state index contributed by atoms with van der Waals surface area (Å²) in [6.07, 6.45) is 0. The summed E-state index contributed by atoms with van der Waals surface area (Å²) >= 11 is 0. The van der Waals surface area contributed by atoms with Crippen LogP contribution in [-0.4, -0.2) is 46.5 Å². The molecule has 0 aliphatic heterocycles. The molecular weight excluding hydrogens is 412 g/mol. The Morgan fingerprint density at radius 2 is 1.06 bits per heavy atom. The number of carbonyl (C=O) groups is 2. The van der Waals surface area contributed by atoms with E-state index in [0.29, 0.717) is 24.2 Å². The summed E-state index contributed by atoms with van der Waals surface area (Å²) < 4.78 is 0. The van der Waals surface area contributed by atoms with Gasteiger partial charge in [-0.05, 0) is 83.9 Å². The summed E-state index contributed by atoms with van der Waals surface area (Å²) in [5.74, 6) is -3.06. The average Bonchev–Trinajstić information content (AvgIpc) is 2.74. The lowest BCUT2D eigenvalue weighted by molar-refractivity contribution is 0.0682. The van der Waals surface area contributed by atoms with Crippen molar-refractivity contribution in [1.29, 1.82) is 0 Å². The third-order valence-corrected chi connectivity index (χ3v) is 5.14. The van der Waals surface area contributed by atoms with Gasteiger partial charge in [-0.2, -0.15) is 0 Å². The van der Waals surface area contributed by atoms with Crippen LogP contribution in [0.2, 0.25) is 0 Å². The van der Waals surface area contributed by atoms with Gasteiger partial charge in [0.05, 0.1) is 0 Å². The molecule has 32 heavy (non-hydrogen) atoms. The van der Waals surface area contributed by atoms with E-state index in [1.807, 2.05) is 12.1 Å². The molecule has 0 aromatic heterocycles.